The summed E-state index contributed by atoms with van der Waals surface area (Å²) in [6.07, 6.45) is 0. The highest BCUT2D eigenvalue weighted by atomic mass is 127. The van der Waals surface area contributed by atoms with E-state index >= 15 is 0 Å². The van der Waals surface area contributed by atoms with Gasteiger partial charge in [-0.3, -0.25) is 0 Å². The predicted molar refractivity (Wildman–Crippen MR) is 91.0 cm³/mol. The van der Waals surface area contributed by atoms with Crippen molar-refractivity contribution in [2.75, 3.05) is 0 Å². The Morgan fingerprint density at radius 1 is 0.889 bits per heavy atom. The molecule has 0 spiro atoms. The molecule has 2 rings (SSSR count). The van der Waals surface area contributed by atoms with Crippen LogP contribution in [0.3, 0.4) is 0 Å². The van der Waals surface area contributed by atoms with Crippen molar-refractivity contribution in [2.24, 2.45) is 0 Å². The van der Waals surface area contributed by atoms with E-state index in [2.05, 4.69) is 38.5 Å². The molecule has 0 bridgehead atoms. The topological polar surface area (TPSA) is 0 Å². The fourth-order valence-electron chi connectivity index (χ4n) is 1.68. The molecule has 0 heterocycles. The summed E-state index contributed by atoms with van der Waals surface area (Å²) < 4.78 is 2.35. The van der Waals surface area contributed by atoms with Crippen LogP contribution in [-0.4, -0.2) is 0 Å². The van der Waals surface area contributed by atoms with Crippen LogP contribution in [0.25, 0.3) is 5.57 Å². The standard InChI is InChI=1S/C14H8BrCl2I/c15-11-7-3-1-5-9(11)13(14(16)17)10-6-2-4-8-12(10)18/h1-8H. The summed E-state index contributed by atoms with van der Waals surface area (Å²) in [5.41, 5.74) is 2.86. The Morgan fingerprint density at radius 3 is 2.00 bits per heavy atom. The summed E-state index contributed by atoms with van der Waals surface area (Å²) in [5, 5.41) is 0. The maximum Gasteiger partial charge on any atom is 0.115 e. The van der Waals surface area contributed by atoms with Crippen LogP contribution in [0.5, 0.6) is 0 Å². The number of rotatable bonds is 2. The van der Waals surface area contributed by atoms with Crippen LogP contribution in [0.1, 0.15) is 11.1 Å². The van der Waals surface area contributed by atoms with Gasteiger partial charge in [0.25, 0.3) is 0 Å². The summed E-state index contributed by atoms with van der Waals surface area (Å²) in [6.45, 7) is 0. The second-order valence-corrected chi connectivity index (χ2v) is 6.56. The van der Waals surface area contributed by atoms with Gasteiger partial charge in [-0.15, -0.1) is 0 Å². The molecule has 0 unspecified atom stereocenters. The zero-order valence-corrected chi connectivity index (χ0v) is 14.4. The van der Waals surface area contributed by atoms with Crippen molar-refractivity contribution in [2.45, 2.75) is 0 Å². The third-order valence-electron chi connectivity index (χ3n) is 2.48. The first-order valence-corrected chi connectivity index (χ1v) is 7.79. The van der Waals surface area contributed by atoms with Crippen molar-refractivity contribution >= 4 is 67.3 Å². The molecule has 0 saturated heterocycles. The summed E-state index contributed by atoms with van der Waals surface area (Å²) in [5.74, 6) is 0. The van der Waals surface area contributed by atoms with Gasteiger partial charge in [0.05, 0.1) is 0 Å². The van der Waals surface area contributed by atoms with E-state index in [0.29, 0.717) is 0 Å². The molecule has 0 aromatic heterocycles. The maximum absolute atomic E-state index is 6.08. The lowest BCUT2D eigenvalue weighted by molar-refractivity contribution is 1.49. The highest BCUT2D eigenvalue weighted by Gasteiger charge is 2.14. The lowest BCUT2D eigenvalue weighted by Crippen LogP contribution is -1.93. The third kappa shape index (κ3) is 3.10. The van der Waals surface area contributed by atoms with E-state index in [1.165, 1.54) is 0 Å². The van der Waals surface area contributed by atoms with Gasteiger partial charge >= 0.3 is 0 Å². The molecular weight excluding hydrogens is 446 g/mol. The molecule has 2 aromatic rings. The minimum absolute atomic E-state index is 0.269. The average molecular weight is 454 g/mol. The van der Waals surface area contributed by atoms with Crippen LogP contribution in [0.2, 0.25) is 0 Å². The molecule has 0 aliphatic carbocycles. The predicted octanol–water partition coefficient (Wildman–Crippen LogP) is 6.25. The van der Waals surface area contributed by atoms with E-state index in [1.54, 1.807) is 0 Å². The van der Waals surface area contributed by atoms with Gasteiger partial charge in [-0.1, -0.05) is 75.5 Å². The van der Waals surface area contributed by atoms with E-state index in [-0.39, 0.29) is 4.49 Å². The molecule has 0 atom stereocenters. The van der Waals surface area contributed by atoms with Crippen molar-refractivity contribution in [3.8, 4) is 0 Å². The van der Waals surface area contributed by atoms with Crippen molar-refractivity contribution < 1.29 is 0 Å². The largest absolute Gasteiger partial charge is 0.115 e. The molecule has 0 aliphatic heterocycles. The van der Waals surface area contributed by atoms with Crippen LogP contribution < -0.4 is 0 Å². The molecule has 0 aliphatic rings. The molecule has 2 aromatic carbocycles. The quantitative estimate of drug-likeness (QED) is 0.471. The summed E-state index contributed by atoms with van der Waals surface area (Å²) in [4.78, 5) is 0. The molecule has 92 valence electrons. The van der Waals surface area contributed by atoms with Crippen LogP contribution in [0, 0.1) is 3.57 Å². The Labute approximate surface area is 138 Å². The van der Waals surface area contributed by atoms with Crippen molar-refractivity contribution in [1.82, 2.24) is 0 Å². The first kappa shape index (κ1) is 14.4. The van der Waals surface area contributed by atoms with E-state index in [0.717, 1.165) is 24.7 Å². The summed E-state index contributed by atoms with van der Waals surface area (Å²) >= 11 is 18.0. The van der Waals surface area contributed by atoms with Crippen molar-refractivity contribution in [3.63, 3.8) is 0 Å². The van der Waals surface area contributed by atoms with Gasteiger partial charge in [0, 0.05) is 13.6 Å². The highest BCUT2D eigenvalue weighted by Crippen LogP contribution is 2.36. The van der Waals surface area contributed by atoms with Gasteiger partial charge < -0.3 is 0 Å². The summed E-state index contributed by atoms with van der Waals surface area (Å²) in [6, 6.07) is 15.9. The van der Waals surface area contributed by atoms with Gasteiger partial charge in [0.15, 0.2) is 0 Å². The lowest BCUT2D eigenvalue weighted by atomic mass is 10.00. The van der Waals surface area contributed by atoms with E-state index < -0.39 is 0 Å². The Morgan fingerprint density at radius 2 is 1.44 bits per heavy atom. The first-order chi connectivity index (χ1) is 8.61. The Balaban J connectivity index is 2.68. The van der Waals surface area contributed by atoms with Crippen LogP contribution in [0.15, 0.2) is 57.5 Å². The number of hydrogen-bond donors (Lipinski definition) is 0. The average Bonchev–Trinajstić information content (AvgIpc) is 2.34. The van der Waals surface area contributed by atoms with Crippen LogP contribution >= 0.6 is 61.7 Å². The van der Waals surface area contributed by atoms with Gasteiger partial charge in [0.1, 0.15) is 4.49 Å². The van der Waals surface area contributed by atoms with Crippen LogP contribution in [-0.2, 0) is 0 Å². The normalized spacial score (nSPS) is 10.2. The molecule has 0 amide bonds. The molecule has 4 heteroatoms. The van der Waals surface area contributed by atoms with Gasteiger partial charge in [-0.25, -0.2) is 0 Å². The van der Waals surface area contributed by atoms with E-state index in [4.69, 9.17) is 23.2 Å². The van der Waals surface area contributed by atoms with Crippen LogP contribution in [0.4, 0.5) is 0 Å². The van der Waals surface area contributed by atoms with Gasteiger partial charge in [0.2, 0.25) is 0 Å². The van der Waals surface area contributed by atoms with Gasteiger partial charge in [-0.05, 0) is 45.9 Å². The molecule has 0 fully saturated rings. The Bertz CT molecular complexity index is 557. The zero-order chi connectivity index (χ0) is 13.1. The van der Waals surface area contributed by atoms with E-state index in [1.807, 2.05) is 48.5 Å². The maximum atomic E-state index is 6.08. The minimum Gasteiger partial charge on any atom is -0.0702 e. The SMILES string of the molecule is ClC(Cl)=C(c1ccccc1Br)c1ccccc1I. The minimum atomic E-state index is 0.269. The van der Waals surface area contributed by atoms with E-state index in [9.17, 15) is 0 Å². The fraction of sp³-hybridized carbons (Fsp3) is 0. The number of halogens is 4. The smallest absolute Gasteiger partial charge is 0.0702 e. The third-order valence-corrected chi connectivity index (χ3v) is 4.49. The fourth-order valence-corrected chi connectivity index (χ4v) is 3.22. The zero-order valence-electron chi connectivity index (χ0n) is 9.13. The molecule has 0 nitrogen and oxygen atoms in total. The van der Waals surface area contributed by atoms with Gasteiger partial charge in [-0.2, -0.15) is 0 Å². The highest BCUT2D eigenvalue weighted by molar-refractivity contribution is 14.1. The van der Waals surface area contributed by atoms with Crippen molar-refractivity contribution in [3.05, 3.63) is 72.2 Å². The number of benzene rings is 2. The molecular formula is C14H8BrCl2I. The monoisotopic (exact) mass is 452 g/mol. The second-order valence-electron chi connectivity index (χ2n) is 3.60. The summed E-state index contributed by atoms with van der Waals surface area (Å²) in [7, 11) is 0. The molecule has 0 N–H and O–H groups in total. The molecule has 18 heavy (non-hydrogen) atoms. The second kappa shape index (κ2) is 6.42. The Kier molecular flexibility index (Phi) is 5.13. The number of hydrogen-bond acceptors (Lipinski definition) is 0. The van der Waals surface area contributed by atoms with Crippen molar-refractivity contribution in [1.29, 1.82) is 0 Å². The first-order valence-electron chi connectivity index (χ1n) is 5.16. The molecule has 0 saturated carbocycles. The Hall–Kier alpha value is -0.0300. The lowest BCUT2D eigenvalue weighted by Gasteiger charge is -2.12. The molecule has 0 radical (unpaired) electrons.